The Hall–Kier alpha value is -3.94. The maximum Gasteiger partial charge on any atom is 0.416 e. The number of anilines is 1. The monoisotopic (exact) mass is 439 g/mol. The van der Waals surface area contributed by atoms with E-state index < -0.39 is 17.6 Å². The number of hydrogen-bond acceptors (Lipinski definition) is 2. The van der Waals surface area contributed by atoms with E-state index in [1.54, 1.807) is 42.5 Å². The van der Waals surface area contributed by atoms with Crippen LogP contribution in [0.3, 0.4) is 0 Å². The molecule has 0 saturated carbocycles. The van der Waals surface area contributed by atoms with Crippen LogP contribution in [0, 0.1) is 5.82 Å². The minimum atomic E-state index is -4.39. The second-order valence-electron chi connectivity index (χ2n) is 7.15. The zero-order valence-corrected chi connectivity index (χ0v) is 16.8. The van der Waals surface area contributed by atoms with Crippen molar-refractivity contribution in [1.82, 2.24) is 9.97 Å². The van der Waals surface area contributed by atoms with E-state index in [9.17, 15) is 22.4 Å². The van der Waals surface area contributed by atoms with Crippen LogP contribution < -0.4 is 5.32 Å². The Labute approximate surface area is 180 Å². The van der Waals surface area contributed by atoms with Crippen molar-refractivity contribution >= 4 is 34.8 Å². The standard InChI is InChI=1S/C24H17F4N3O/c1-14(32)29-20-5-3-2-4-17(20)18-12-21-22(13-19(18)25)31-23(30-21)11-8-15-6-9-16(10-7-15)24(26,27)28/h2-13H,1H3,(H,29,32)(H,30,31). The number of halogens is 4. The number of H-pyrrole nitrogens is 1. The summed E-state index contributed by atoms with van der Waals surface area (Å²) in [4.78, 5) is 18.9. The summed E-state index contributed by atoms with van der Waals surface area (Å²) in [6.07, 6.45) is -1.17. The Bertz CT molecular complexity index is 1320. The SMILES string of the molecule is CC(=O)Nc1ccccc1-c1cc2nc(C=Cc3ccc(C(F)(F)F)cc3)[nH]c2cc1F. The van der Waals surface area contributed by atoms with Gasteiger partial charge in [0.1, 0.15) is 11.6 Å². The van der Waals surface area contributed by atoms with E-state index >= 15 is 0 Å². The number of carbonyl (C=O) groups excluding carboxylic acids is 1. The number of carbonyl (C=O) groups is 1. The lowest BCUT2D eigenvalue weighted by Crippen LogP contribution is -2.07. The first kappa shape index (κ1) is 21.3. The van der Waals surface area contributed by atoms with Crippen molar-refractivity contribution in [3.05, 3.63) is 83.4 Å². The fourth-order valence-corrected chi connectivity index (χ4v) is 3.31. The Morgan fingerprint density at radius 1 is 1.00 bits per heavy atom. The Balaban J connectivity index is 1.65. The molecule has 1 amide bonds. The molecule has 0 radical (unpaired) electrons. The van der Waals surface area contributed by atoms with Crippen molar-refractivity contribution in [3.63, 3.8) is 0 Å². The van der Waals surface area contributed by atoms with Gasteiger partial charge in [-0.05, 0) is 35.9 Å². The summed E-state index contributed by atoms with van der Waals surface area (Å²) >= 11 is 0. The van der Waals surface area contributed by atoms with Gasteiger partial charge in [-0.3, -0.25) is 4.79 Å². The minimum Gasteiger partial charge on any atom is -0.338 e. The van der Waals surface area contributed by atoms with E-state index in [2.05, 4.69) is 15.3 Å². The van der Waals surface area contributed by atoms with Crippen LogP contribution in [-0.2, 0) is 11.0 Å². The van der Waals surface area contributed by atoms with Crippen LogP contribution in [0.15, 0.2) is 60.7 Å². The van der Waals surface area contributed by atoms with Gasteiger partial charge in [0.15, 0.2) is 0 Å². The molecule has 0 fully saturated rings. The topological polar surface area (TPSA) is 57.8 Å². The van der Waals surface area contributed by atoms with Gasteiger partial charge in [-0.2, -0.15) is 13.2 Å². The van der Waals surface area contributed by atoms with Gasteiger partial charge in [0.05, 0.1) is 16.6 Å². The molecule has 0 aliphatic rings. The highest BCUT2D eigenvalue weighted by molar-refractivity contribution is 5.95. The van der Waals surface area contributed by atoms with Crippen LogP contribution in [0.5, 0.6) is 0 Å². The van der Waals surface area contributed by atoms with Gasteiger partial charge in [0.2, 0.25) is 5.91 Å². The predicted molar refractivity (Wildman–Crippen MR) is 116 cm³/mol. The zero-order chi connectivity index (χ0) is 22.9. The second-order valence-corrected chi connectivity index (χ2v) is 7.15. The first-order chi connectivity index (χ1) is 15.2. The smallest absolute Gasteiger partial charge is 0.338 e. The third-order valence-electron chi connectivity index (χ3n) is 4.79. The van der Waals surface area contributed by atoms with E-state index in [0.29, 0.717) is 33.7 Å². The molecule has 162 valence electrons. The zero-order valence-electron chi connectivity index (χ0n) is 16.8. The molecule has 2 N–H and O–H groups in total. The third-order valence-corrected chi connectivity index (χ3v) is 4.79. The second kappa shape index (κ2) is 8.30. The minimum absolute atomic E-state index is 0.269. The molecule has 3 aromatic carbocycles. The van der Waals surface area contributed by atoms with E-state index in [-0.39, 0.29) is 11.5 Å². The number of hydrogen-bond donors (Lipinski definition) is 2. The largest absolute Gasteiger partial charge is 0.416 e. The number of rotatable bonds is 4. The van der Waals surface area contributed by atoms with Crippen LogP contribution in [-0.4, -0.2) is 15.9 Å². The lowest BCUT2D eigenvalue weighted by molar-refractivity contribution is -0.137. The Morgan fingerprint density at radius 2 is 1.72 bits per heavy atom. The molecule has 0 spiro atoms. The van der Waals surface area contributed by atoms with Gasteiger partial charge in [0, 0.05) is 29.8 Å². The molecule has 32 heavy (non-hydrogen) atoms. The number of para-hydroxylation sites is 1. The number of fused-ring (bicyclic) bond motifs is 1. The average molecular weight is 439 g/mol. The summed E-state index contributed by atoms with van der Waals surface area (Å²) < 4.78 is 52.9. The average Bonchev–Trinajstić information content (AvgIpc) is 3.13. The van der Waals surface area contributed by atoms with Crippen LogP contribution in [0.1, 0.15) is 23.9 Å². The van der Waals surface area contributed by atoms with E-state index in [1.807, 2.05) is 0 Å². The third kappa shape index (κ3) is 4.54. The normalized spacial score (nSPS) is 11.9. The maximum atomic E-state index is 14.8. The van der Waals surface area contributed by atoms with Gasteiger partial charge in [-0.15, -0.1) is 0 Å². The Morgan fingerprint density at radius 3 is 2.41 bits per heavy atom. The molecule has 0 atom stereocenters. The van der Waals surface area contributed by atoms with Crippen molar-refractivity contribution in [2.45, 2.75) is 13.1 Å². The van der Waals surface area contributed by atoms with Gasteiger partial charge in [0.25, 0.3) is 0 Å². The molecule has 1 aromatic heterocycles. The molecular weight excluding hydrogens is 422 g/mol. The first-order valence-electron chi connectivity index (χ1n) is 9.62. The van der Waals surface area contributed by atoms with Crippen molar-refractivity contribution in [2.24, 2.45) is 0 Å². The summed E-state index contributed by atoms with van der Waals surface area (Å²) in [5.74, 6) is -0.335. The molecule has 8 heteroatoms. The van der Waals surface area contributed by atoms with E-state index in [0.717, 1.165) is 12.1 Å². The highest BCUT2D eigenvalue weighted by Crippen LogP contribution is 2.33. The number of nitrogens with zero attached hydrogens (tertiary/aromatic N) is 1. The summed E-state index contributed by atoms with van der Waals surface area (Å²) in [7, 11) is 0. The summed E-state index contributed by atoms with van der Waals surface area (Å²) in [6.45, 7) is 1.37. The lowest BCUT2D eigenvalue weighted by Gasteiger charge is -2.10. The van der Waals surface area contributed by atoms with Crippen LogP contribution >= 0.6 is 0 Å². The van der Waals surface area contributed by atoms with Crippen LogP contribution in [0.25, 0.3) is 34.3 Å². The van der Waals surface area contributed by atoms with E-state index in [1.165, 1.54) is 25.1 Å². The fourth-order valence-electron chi connectivity index (χ4n) is 3.31. The van der Waals surface area contributed by atoms with Gasteiger partial charge in [-0.1, -0.05) is 36.4 Å². The summed E-state index contributed by atoms with van der Waals surface area (Å²) in [5, 5.41) is 2.69. The molecule has 0 bridgehead atoms. The number of benzene rings is 3. The van der Waals surface area contributed by atoms with Gasteiger partial charge >= 0.3 is 6.18 Å². The Kier molecular flexibility index (Phi) is 5.52. The molecule has 0 aliphatic carbocycles. The number of aromatic amines is 1. The number of amides is 1. The highest BCUT2D eigenvalue weighted by atomic mass is 19.4. The van der Waals surface area contributed by atoms with Gasteiger partial charge < -0.3 is 10.3 Å². The first-order valence-corrected chi connectivity index (χ1v) is 9.62. The van der Waals surface area contributed by atoms with Crippen molar-refractivity contribution in [1.29, 1.82) is 0 Å². The maximum absolute atomic E-state index is 14.8. The van der Waals surface area contributed by atoms with Gasteiger partial charge in [-0.25, -0.2) is 9.37 Å². The highest BCUT2D eigenvalue weighted by Gasteiger charge is 2.29. The quantitative estimate of drug-likeness (QED) is 0.356. The fraction of sp³-hybridized carbons (Fsp3) is 0.0833. The molecule has 0 aliphatic heterocycles. The van der Waals surface area contributed by atoms with Crippen molar-refractivity contribution < 1.29 is 22.4 Å². The van der Waals surface area contributed by atoms with Crippen molar-refractivity contribution in [2.75, 3.05) is 5.32 Å². The molecule has 4 rings (SSSR count). The molecular formula is C24H17F4N3O. The van der Waals surface area contributed by atoms with Crippen molar-refractivity contribution in [3.8, 4) is 11.1 Å². The molecule has 4 nitrogen and oxygen atoms in total. The lowest BCUT2D eigenvalue weighted by atomic mass is 10.0. The van der Waals surface area contributed by atoms with Crippen LogP contribution in [0.2, 0.25) is 0 Å². The predicted octanol–water partition coefficient (Wildman–Crippen LogP) is 6.52. The number of alkyl halides is 3. The number of nitrogens with one attached hydrogen (secondary N) is 2. The van der Waals surface area contributed by atoms with E-state index in [4.69, 9.17) is 0 Å². The number of imidazole rings is 1. The molecule has 0 saturated heterocycles. The molecule has 0 unspecified atom stereocenters. The summed E-state index contributed by atoms with van der Waals surface area (Å²) in [5.41, 5.74) is 2.10. The molecule has 4 aromatic rings. The molecule has 1 heterocycles. The van der Waals surface area contributed by atoms with Crippen LogP contribution in [0.4, 0.5) is 23.2 Å². The number of aromatic nitrogens is 2. The summed E-state index contributed by atoms with van der Waals surface area (Å²) in [6, 6.07) is 14.5.